The number of carbonyl (C=O) groups is 1. The molecule has 2 aliphatic carbocycles. The minimum Gasteiger partial charge on any atom is -0.382 e. The Labute approximate surface area is 168 Å². The van der Waals surface area contributed by atoms with E-state index in [0.29, 0.717) is 34.6 Å². The van der Waals surface area contributed by atoms with Crippen LogP contribution in [0, 0.1) is 17.2 Å². The molecule has 8 nitrogen and oxygen atoms in total. The maximum absolute atomic E-state index is 12.8. The number of hydrogen-bond acceptors (Lipinski definition) is 6. The largest absolute Gasteiger partial charge is 0.382 e. The van der Waals surface area contributed by atoms with Crippen LogP contribution >= 0.6 is 0 Å². The Morgan fingerprint density at radius 3 is 2.72 bits per heavy atom. The number of carbonyl (C=O) groups excluding carboxylic acids is 1. The first kappa shape index (κ1) is 17.6. The molecule has 2 saturated carbocycles. The number of amides is 1. The standard InChI is InChI=1S/C21H21N7O/c1-12-4-16(5-12)27-21(29)17-11-23-19(7-18(17)26-15-2-3-15)28-20-14(10-25-28)6-13(8-22)9-24-20/h6-7,9-12,15-16H,2-5H2,1H3,(H,23,26)(H,27,29)/t12-,16-. The van der Waals surface area contributed by atoms with Gasteiger partial charge in [0.25, 0.3) is 5.91 Å². The second kappa shape index (κ2) is 6.85. The van der Waals surface area contributed by atoms with E-state index in [1.807, 2.05) is 6.07 Å². The van der Waals surface area contributed by atoms with Crippen LogP contribution < -0.4 is 10.6 Å². The monoisotopic (exact) mass is 387 g/mol. The lowest BCUT2D eigenvalue weighted by molar-refractivity contribution is 0.0896. The molecule has 2 fully saturated rings. The Balaban J connectivity index is 1.48. The van der Waals surface area contributed by atoms with Gasteiger partial charge in [-0.05, 0) is 37.7 Å². The Morgan fingerprint density at radius 2 is 2.00 bits per heavy atom. The molecule has 29 heavy (non-hydrogen) atoms. The molecule has 0 radical (unpaired) electrons. The zero-order valence-corrected chi connectivity index (χ0v) is 16.1. The fourth-order valence-electron chi connectivity index (χ4n) is 3.74. The second-order valence-corrected chi connectivity index (χ2v) is 8.06. The van der Waals surface area contributed by atoms with Crippen LogP contribution in [0.25, 0.3) is 16.9 Å². The van der Waals surface area contributed by atoms with Crippen molar-refractivity contribution in [3.05, 3.63) is 41.9 Å². The summed E-state index contributed by atoms with van der Waals surface area (Å²) in [5.41, 5.74) is 2.42. The van der Waals surface area contributed by atoms with Crippen molar-refractivity contribution in [1.29, 1.82) is 5.26 Å². The maximum Gasteiger partial charge on any atom is 0.255 e. The highest BCUT2D eigenvalue weighted by Crippen LogP contribution is 2.30. The summed E-state index contributed by atoms with van der Waals surface area (Å²) in [5.74, 6) is 1.16. The van der Waals surface area contributed by atoms with E-state index in [0.717, 1.165) is 36.8 Å². The summed E-state index contributed by atoms with van der Waals surface area (Å²) in [7, 11) is 0. The summed E-state index contributed by atoms with van der Waals surface area (Å²) in [6.07, 6.45) is 9.04. The number of pyridine rings is 2. The SMILES string of the molecule is C[C@H]1C[C@H](NC(=O)c2cnc(-n3ncc4cc(C#N)cnc43)cc2NC2CC2)C1. The molecule has 146 valence electrons. The summed E-state index contributed by atoms with van der Waals surface area (Å²) >= 11 is 0. The van der Waals surface area contributed by atoms with Gasteiger partial charge in [-0.25, -0.2) is 9.97 Å². The van der Waals surface area contributed by atoms with Crippen LogP contribution in [-0.4, -0.2) is 37.7 Å². The maximum atomic E-state index is 12.8. The number of anilines is 1. The first-order valence-electron chi connectivity index (χ1n) is 9.92. The fraction of sp³-hybridized carbons (Fsp3) is 0.381. The van der Waals surface area contributed by atoms with Crippen molar-refractivity contribution >= 4 is 22.6 Å². The van der Waals surface area contributed by atoms with E-state index >= 15 is 0 Å². The third-order valence-electron chi connectivity index (χ3n) is 5.53. The van der Waals surface area contributed by atoms with Crippen LogP contribution in [0.2, 0.25) is 0 Å². The van der Waals surface area contributed by atoms with Crippen molar-refractivity contribution in [3.63, 3.8) is 0 Å². The molecule has 5 rings (SSSR count). The van der Waals surface area contributed by atoms with Gasteiger partial charge >= 0.3 is 0 Å². The third kappa shape index (κ3) is 3.40. The van der Waals surface area contributed by atoms with Crippen LogP contribution in [0.5, 0.6) is 0 Å². The highest BCUT2D eigenvalue weighted by molar-refractivity contribution is 6.00. The number of nitrogens with zero attached hydrogens (tertiary/aromatic N) is 5. The molecule has 3 heterocycles. The Hall–Kier alpha value is -3.47. The van der Waals surface area contributed by atoms with Gasteiger partial charge in [-0.2, -0.15) is 15.0 Å². The van der Waals surface area contributed by atoms with Crippen molar-refractivity contribution in [2.24, 2.45) is 5.92 Å². The first-order chi connectivity index (χ1) is 14.1. The van der Waals surface area contributed by atoms with E-state index in [-0.39, 0.29) is 11.9 Å². The summed E-state index contributed by atoms with van der Waals surface area (Å²) in [6, 6.07) is 6.32. The normalized spacial score (nSPS) is 20.7. The number of fused-ring (bicyclic) bond motifs is 1. The molecular weight excluding hydrogens is 366 g/mol. The minimum absolute atomic E-state index is 0.0915. The fourth-order valence-corrected chi connectivity index (χ4v) is 3.74. The average molecular weight is 387 g/mol. The smallest absolute Gasteiger partial charge is 0.255 e. The predicted molar refractivity (Wildman–Crippen MR) is 108 cm³/mol. The molecular formula is C21H21N7O. The molecule has 0 saturated heterocycles. The van der Waals surface area contributed by atoms with Gasteiger partial charge in [-0.1, -0.05) is 6.92 Å². The van der Waals surface area contributed by atoms with Crippen molar-refractivity contribution in [2.75, 3.05) is 5.32 Å². The highest BCUT2D eigenvalue weighted by Gasteiger charge is 2.29. The van der Waals surface area contributed by atoms with E-state index < -0.39 is 0 Å². The summed E-state index contributed by atoms with van der Waals surface area (Å²) in [5, 5.41) is 20.8. The molecule has 0 aliphatic heterocycles. The summed E-state index contributed by atoms with van der Waals surface area (Å²) < 4.78 is 1.63. The van der Waals surface area contributed by atoms with E-state index in [9.17, 15) is 4.79 Å². The van der Waals surface area contributed by atoms with E-state index in [4.69, 9.17) is 5.26 Å². The van der Waals surface area contributed by atoms with Crippen molar-refractivity contribution in [1.82, 2.24) is 25.1 Å². The molecule has 2 N–H and O–H groups in total. The third-order valence-corrected chi connectivity index (χ3v) is 5.53. The number of hydrogen-bond donors (Lipinski definition) is 2. The van der Waals surface area contributed by atoms with Crippen LogP contribution in [0.4, 0.5) is 5.69 Å². The number of aromatic nitrogens is 4. The van der Waals surface area contributed by atoms with Crippen LogP contribution in [0.15, 0.2) is 30.7 Å². The van der Waals surface area contributed by atoms with Gasteiger partial charge in [0, 0.05) is 35.9 Å². The molecule has 0 unspecified atom stereocenters. The Kier molecular flexibility index (Phi) is 4.16. The van der Waals surface area contributed by atoms with Gasteiger partial charge < -0.3 is 10.6 Å². The molecule has 0 spiro atoms. The molecule has 1 amide bonds. The van der Waals surface area contributed by atoms with Crippen molar-refractivity contribution in [2.45, 2.75) is 44.7 Å². The molecule has 8 heteroatoms. The van der Waals surface area contributed by atoms with Gasteiger partial charge in [-0.15, -0.1) is 0 Å². The van der Waals surface area contributed by atoms with E-state index in [1.54, 1.807) is 23.1 Å². The zero-order chi connectivity index (χ0) is 20.0. The number of nitrogens with one attached hydrogen (secondary N) is 2. The van der Waals surface area contributed by atoms with E-state index in [1.165, 1.54) is 6.20 Å². The molecule has 0 aromatic carbocycles. The molecule has 3 aromatic rings. The quantitative estimate of drug-likeness (QED) is 0.697. The lowest BCUT2D eigenvalue weighted by Gasteiger charge is -2.33. The van der Waals surface area contributed by atoms with Crippen LogP contribution in [0.3, 0.4) is 0 Å². The van der Waals surface area contributed by atoms with Gasteiger partial charge in [0.05, 0.1) is 23.0 Å². The van der Waals surface area contributed by atoms with Crippen molar-refractivity contribution < 1.29 is 4.79 Å². The number of nitriles is 1. The van der Waals surface area contributed by atoms with Gasteiger partial charge in [0.15, 0.2) is 11.5 Å². The Morgan fingerprint density at radius 1 is 1.17 bits per heavy atom. The minimum atomic E-state index is -0.0915. The Bertz CT molecular complexity index is 1140. The lowest BCUT2D eigenvalue weighted by atomic mass is 9.82. The molecule has 3 aromatic heterocycles. The van der Waals surface area contributed by atoms with Crippen LogP contribution in [0.1, 0.15) is 48.5 Å². The second-order valence-electron chi connectivity index (χ2n) is 8.06. The average Bonchev–Trinajstić information content (AvgIpc) is 3.42. The van der Waals surface area contributed by atoms with Gasteiger partial charge in [0.2, 0.25) is 0 Å². The molecule has 0 atom stereocenters. The van der Waals surface area contributed by atoms with E-state index in [2.05, 4.69) is 38.7 Å². The lowest BCUT2D eigenvalue weighted by Crippen LogP contribution is -2.43. The molecule has 2 aliphatic rings. The summed E-state index contributed by atoms with van der Waals surface area (Å²) in [6.45, 7) is 2.20. The summed E-state index contributed by atoms with van der Waals surface area (Å²) in [4.78, 5) is 21.6. The van der Waals surface area contributed by atoms with Crippen molar-refractivity contribution in [3.8, 4) is 11.9 Å². The molecule has 0 bridgehead atoms. The zero-order valence-electron chi connectivity index (χ0n) is 16.1. The van der Waals surface area contributed by atoms with Gasteiger partial charge in [0.1, 0.15) is 6.07 Å². The highest BCUT2D eigenvalue weighted by atomic mass is 16.1. The number of rotatable bonds is 5. The predicted octanol–water partition coefficient (Wildman–Crippen LogP) is 2.79. The topological polar surface area (TPSA) is 109 Å². The van der Waals surface area contributed by atoms with Crippen LogP contribution in [-0.2, 0) is 0 Å². The first-order valence-corrected chi connectivity index (χ1v) is 9.92. The van der Waals surface area contributed by atoms with Gasteiger partial charge in [-0.3, -0.25) is 4.79 Å².